The second-order valence-corrected chi connectivity index (χ2v) is 7.72. The van der Waals surface area contributed by atoms with Crippen molar-refractivity contribution in [2.24, 2.45) is 4.99 Å². The van der Waals surface area contributed by atoms with Crippen molar-refractivity contribution in [2.75, 3.05) is 12.4 Å². The number of fused-ring (bicyclic) bond motifs is 1. The summed E-state index contributed by atoms with van der Waals surface area (Å²) >= 11 is 1.35. The fourth-order valence-corrected chi connectivity index (χ4v) is 4.04. The zero-order chi connectivity index (χ0) is 24.4. The molecule has 5 nitrogen and oxygen atoms in total. The van der Waals surface area contributed by atoms with Crippen molar-refractivity contribution in [1.29, 1.82) is 0 Å². The number of pyridine rings is 1. The van der Waals surface area contributed by atoms with Gasteiger partial charge < -0.3 is 10.4 Å². The standard InChI is InChI=1S/C22H20F2N4S.C2H6.CH4O/c1-13-5-3-6-14(2)15(13)11-16-17(23)8-9-20-21(16)27-22(28-29-20)26-12-19-18(24)7-4-10-25-19;2*1-2/h3-10H,11-12H2,1-2H3,(H2,26,27,28);1-2H3;2H,1H3. The van der Waals surface area contributed by atoms with Crippen LogP contribution in [0.3, 0.4) is 0 Å². The molecule has 1 aliphatic heterocycles. The largest absolute Gasteiger partial charge is 0.400 e. The highest BCUT2D eigenvalue weighted by atomic mass is 32.2. The summed E-state index contributed by atoms with van der Waals surface area (Å²) in [5, 5.41) is 10.2. The molecule has 0 saturated heterocycles. The van der Waals surface area contributed by atoms with E-state index < -0.39 is 5.82 Å². The number of aliphatic hydroxyl groups is 1. The fraction of sp³-hybridized carbons (Fsp3) is 0.280. The van der Waals surface area contributed by atoms with E-state index in [1.54, 1.807) is 6.07 Å². The molecule has 0 fully saturated rings. The molecule has 0 amide bonds. The Balaban J connectivity index is 0.000000914. The number of halogens is 2. The highest BCUT2D eigenvalue weighted by Crippen LogP contribution is 2.35. The predicted molar refractivity (Wildman–Crippen MR) is 133 cm³/mol. The van der Waals surface area contributed by atoms with Gasteiger partial charge in [-0.2, -0.15) is 0 Å². The number of rotatable bonds is 4. The van der Waals surface area contributed by atoms with Crippen LogP contribution in [0, 0.1) is 25.5 Å². The van der Waals surface area contributed by atoms with Gasteiger partial charge in [0.15, 0.2) is 0 Å². The Labute approximate surface area is 198 Å². The predicted octanol–water partition coefficient (Wildman–Crippen LogP) is 5.78. The summed E-state index contributed by atoms with van der Waals surface area (Å²) in [6.45, 7) is 8.15. The Morgan fingerprint density at radius 2 is 1.64 bits per heavy atom. The lowest BCUT2D eigenvalue weighted by atomic mass is 9.95. The first kappa shape index (κ1) is 26.3. The molecule has 176 valence electrons. The van der Waals surface area contributed by atoms with Crippen LogP contribution in [0.2, 0.25) is 0 Å². The molecule has 0 saturated carbocycles. The lowest BCUT2D eigenvalue weighted by Crippen LogP contribution is -2.30. The first-order valence-electron chi connectivity index (χ1n) is 10.7. The third-order valence-electron chi connectivity index (χ3n) is 4.94. The molecule has 1 aliphatic rings. The van der Waals surface area contributed by atoms with Gasteiger partial charge in [-0.05, 0) is 66.8 Å². The van der Waals surface area contributed by atoms with Gasteiger partial charge >= 0.3 is 0 Å². The Kier molecular flexibility index (Phi) is 10.3. The van der Waals surface area contributed by atoms with Gasteiger partial charge in [0, 0.05) is 25.3 Å². The van der Waals surface area contributed by atoms with Crippen LogP contribution < -0.4 is 10.0 Å². The number of hydrogen-bond acceptors (Lipinski definition) is 4. The van der Waals surface area contributed by atoms with Gasteiger partial charge in [-0.15, -0.1) is 0 Å². The number of guanidine groups is 1. The van der Waals surface area contributed by atoms with Crippen molar-refractivity contribution in [1.82, 2.24) is 9.71 Å². The molecule has 3 N–H and O–H groups in total. The molecule has 0 unspecified atom stereocenters. The Bertz CT molecular complexity index is 1090. The van der Waals surface area contributed by atoms with Gasteiger partial charge in [0.05, 0.1) is 22.8 Å². The van der Waals surface area contributed by atoms with Crippen LogP contribution in [0.5, 0.6) is 0 Å². The second kappa shape index (κ2) is 12.9. The molecular weight excluding hydrogens is 442 g/mol. The topological polar surface area (TPSA) is 69.5 Å². The lowest BCUT2D eigenvalue weighted by molar-refractivity contribution is 0.399. The molecule has 0 radical (unpaired) electrons. The maximum Gasteiger partial charge on any atom is 0.206 e. The van der Waals surface area contributed by atoms with Crippen molar-refractivity contribution in [3.05, 3.63) is 88.2 Å². The molecule has 2 aromatic carbocycles. The molecular formula is C25H30F2N4OS. The van der Waals surface area contributed by atoms with Gasteiger partial charge in [0.1, 0.15) is 11.6 Å². The summed E-state index contributed by atoms with van der Waals surface area (Å²) in [5.74, 6) is -0.222. The number of aryl methyl sites for hydroxylation is 2. The van der Waals surface area contributed by atoms with Gasteiger partial charge in [0.2, 0.25) is 5.96 Å². The van der Waals surface area contributed by atoms with E-state index in [9.17, 15) is 8.78 Å². The zero-order valence-corrected chi connectivity index (χ0v) is 20.4. The number of benzene rings is 2. The third kappa shape index (κ3) is 6.52. The smallest absolute Gasteiger partial charge is 0.206 e. The van der Waals surface area contributed by atoms with Crippen LogP contribution in [0.25, 0.3) is 0 Å². The molecule has 8 heteroatoms. The monoisotopic (exact) mass is 472 g/mol. The Hall–Kier alpha value is -2.97. The normalized spacial score (nSPS) is 12.9. The molecule has 0 spiro atoms. The zero-order valence-electron chi connectivity index (χ0n) is 19.5. The number of nitrogens with one attached hydrogen (secondary N) is 2. The molecule has 2 heterocycles. The van der Waals surface area contributed by atoms with Crippen LogP contribution in [0.4, 0.5) is 14.5 Å². The maximum absolute atomic E-state index is 14.8. The van der Waals surface area contributed by atoms with Crippen molar-refractivity contribution >= 4 is 23.6 Å². The summed E-state index contributed by atoms with van der Waals surface area (Å²) < 4.78 is 31.7. The fourth-order valence-electron chi connectivity index (χ4n) is 3.31. The van der Waals surface area contributed by atoms with E-state index >= 15 is 0 Å². The molecule has 33 heavy (non-hydrogen) atoms. The first-order valence-corrected chi connectivity index (χ1v) is 11.5. The summed E-state index contributed by atoms with van der Waals surface area (Å²) in [6.07, 6.45) is 2.01. The minimum absolute atomic E-state index is 0.0828. The molecule has 0 atom stereocenters. The number of anilines is 1. The van der Waals surface area contributed by atoms with E-state index in [2.05, 4.69) is 20.0 Å². The number of hydrogen-bond donors (Lipinski definition) is 3. The number of aromatic nitrogens is 1. The lowest BCUT2D eigenvalue weighted by Gasteiger charge is -2.24. The van der Waals surface area contributed by atoms with E-state index in [0.717, 1.165) is 28.7 Å². The summed E-state index contributed by atoms with van der Waals surface area (Å²) in [5.41, 5.74) is 4.90. The molecule has 4 rings (SSSR count). The van der Waals surface area contributed by atoms with Crippen molar-refractivity contribution in [2.45, 2.75) is 45.6 Å². The minimum atomic E-state index is -0.400. The number of nitrogens with zero attached hydrogens (tertiary/aromatic N) is 2. The van der Waals surface area contributed by atoms with E-state index in [-0.39, 0.29) is 18.1 Å². The minimum Gasteiger partial charge on any atom is -0.400 e. The van der Waals surface area contributed by atoms with E-state index in [1.807, 2.05) is 45.9 Å². The Morgan fingerprint density at radius 1 is 0.939 bits per heavy atom. The molecule has 0 aliphatic carbocycles. The van der Waals surface area contributed by atoms with E-state index in [0.29, 0.717) is 23.6 Å². The maximum atomic E-state index is 14.8. The van der Waals surface area contributed by atoms with Crippen LogP contribution in [0.1, 0.15) is 41.8 Å². The average Bonchev–Trinajstić information content (AvgIpc) is 2.84. The second-order valence-electron chi connectivity index (χ2n) is 6.87. The van der Waals surface area contributed by atoms with Crippen molar-refractivity contribution < 1.29 is 13.9 Å². The Morgan fingerprint density at radius 3 is 2.30 bits per heavy atom. The van der Waals surface area contributed by atoms with Gasteiger partial charge in [-0.3, -0.25) is 9.71 Å². The molecule has 0 bridgehead atoms. The first-order chi connectivity index (χ1) is 16.0. The van der Waals surface area contributed by atoms with Crippen LogP contribution in [0.15, 0.2) is 58.5 Å². The van der Waals surface area contributed by atoms with Crippen molar-refractivity contribution in [3.8, 4) is 0 Å². The average molecular weight is 473 g/mol. The highest BCUT2D eigenvalue weighted by Gasteiger charge is 2.21. The third-order valence-corrected chi connectivity index (χ3v) is 5.79. The van der Waals surface area contributed by atoms with Gasteiger partial charge in [-0.1, -0.05) is 32.0 Å². The molecule has 3 aromatic rings. The van der Waals surface area contributed by atoms with Crippen LogP contribution in [-0.4, -0.2) is 23.2 Å². The van der Waals surface area contributed by atoms with Crippen LogP contribution >= 0.6 is 11.9 Å². The van der Waals surface area contributed by atoms with E-state index in [4.69, 9.17) is 5.11 Å². The number of aliphatic hydroxyl groups excluding tert-OH is 1. The summed E-state index contributed by atoms with van der Waals surface area (Å²) in [4.78, 5) is 9.27. The van der Waals surface area contributed by atoms with Crippen LogP contribution in [-0.2, 0) is 13.0 Å². The summed E-state index contributed by atoms with van der Waals surface area (Å²) in [7, 11) is 1.00. The van der Waals surface area contributed by atoms with Gasteiger partial charge in [0.25, 0.3) is 0 Å². The van der Waals surface area contributed by atoms with Crippen molar-refractivity contribution in [3.63, 3.8) is 0 Å². The van der Waals surface area contributed by atoms with E-state index in [1.165, 1.54) is 36.3 Å². The highest BCUT2D eigenvalue weighted by molar-refractivity contribution is 7.98. The quantitative estimate of drug-likeness (QED) is 0.420. The summed E-state index contributed by atoms with van der Waals surface area (Å²) in [6, 6.07) is 12.2. The SMILES string of the molecule is CC.CO.Cc1cccc(C)c1Cc1c(F)ccc2c1NC(=NCc1ncccc1F)NS2. The van der Waals surface area contributed by atoms with Gasteiger partial charge in [-0.25, -0.2) is 13.8 Å². The molecule has 1 aromatic heterocycles. The number of aliphatic imine (C=N–C) groups is 1.